The lowest BCUT2D eigenvalue weighted by molar-refractivity contribution is 0.112. The molecule has 2 rings (SSSR count). The second-order valence-electron chi connectivity index (χ2n) is 4.16. The molecule has 0 spiro atoms. The van der Waals surface area contributed by atoms with Gasteiger partial charge in [0.05, 0.1) is 5.52 Å². The number of para-hydroxylation sites is 1. The third kappa shape index (κ3) is 2.01. The third-order valence-corrected chi connectivity index (χ3v) is 3.01. The van der Waals surface area contributed by atoms with Crippen LogP contribution in [0, 0.1) is 0 Å². The highest BCUT2D eigenvalue weighted by Gasteiger charge is 2.06. The van der Waals surface area contributed by atoms with Crippen molar-refractivity contribution in [2.24, 2.45) is 0 Å². The number of benzene rings is 1. The molecule has 16 heavy (non-hydrogen) atoms. The number of hydrogen-bond acceptors (Lipinski definition) is 1. The smallest absolute Gasteiger partial charge is 0.152 e. The molecule has 0 saturated heterocycles. The zero-order valence-corrected chi connectivity index (χ0v) is 9.62. The third-order valence-electron chi connectivity index (χ3n) is 3.01. The van der Waals surface area contributed by atoms with Crippen LogP contribution in [0.25, 0.3) is 10.9 Å². The Labute approximate surface area is 95.7 Å². The van der Waals surface area contributed by atoms with E-state index in [1.165, 1.54) is 30.2 Å². The highest BCUT2D eigenvalue weighted by Crippen LogP contribution is 2.22. The minimum absolute atomic E-state index is 0.749. The van der Waals surface area contributed by atoms with Crippen LogP contribution in [0.15, 0.2) is 24.4 Å². The normalized spacial score (nSPS) is 10.8. The topological polar surface area (TPSA) is 32.9 Å². The maximum atomic E-state index is 10.9. The van der Waals surface area contributed by atoms with Gasteiger partial charge in [0.25, 0.3) is 0 Å². The molecule has 84 valence electrons. The molecule has 0 aliphatic heterocycles. The van der Waals surface area contributed by atoms with E-state index >= 15 is 0 Å². The minimum atomic E-state index is 0.749. The number of carbonyl (C=O) groups excluding carboxylic acids is 1. The molecule has 0 amide bonds. The molecule has 0 aliphatic carbocycles. The Bertz CT molecular complexity index is 484. The highest BCUT2D eigenvalue weighted by atomic mass is 16.1. The van der Waals surface area contributed by atoms with Gasteiger partial charge in [-0.25, -0.2) is 0 Å². The highest BCUT2D eigenvalue weighted by molar-refractivity contribution is 5.97. The average Bonchev–Trinajstić information content (AvgIpc) is 2.73. The van der Waals surface area contributed by atoms with Gasteiger partial charge in [0.1, 0.15) is 0 Å². The Hall–Kier alpha value is -1.57. The van der Waals surface area contributed by atoms with Crippen LogP contribution in [-0.2, 0) is 6.42 Å². The molecule has 0 aliphatic rings. The van der Waals surface area contributed by atoms with Crippen molar-refractivity contribution >= 4 is 17.2 Å². The van der Waals surface area contributed by atoms with Crippen LogP contribution < -0.4 is 0 Å². The number of carbonyl (C=O) groups is 1. The summed E-state index contributed by atoms with van der Waals surface area (Å²) in [7, 11) is 0. The first kappa shape index (κ1) is 10.9. The molecule has 2 nitrogen and oxygen atoms in total. The minimum Gasteiger partial charge on any atom is -0.360 e. The zero-order valence-electron chi connectivity index (χ0n) is 9.62. The molecule has 0 atom stereocenters. The Balaban J connectivity index is 2.30. The van der Waals surface area contributed by atoms with E-state index in [1.54, 1.807) is 0 Å². The van der Waals surface area contributed by atoms with E-state index in [9.17, 15) is 4.79 Å². The number of aryl methyl sites for hydroxylation is 1. The van der Waals surface area contributed by atoms with E-state index < -0.39 is 0 Å². The summed E-state index contributed by atoms with van der Waals surface area (Å²) < 4.78 is 0. The lowest BCUT2D eigenvalue weighted by atomic mass is 10.0. The van der Waals surface area contributed by atoms with Crippen LogP contribution in [0.3, 0.4) is 0 Å². The monoisotopic (exact) mass is 215 g/mol. The van der Waals surface area contributed by atoms with E-state index in [0.717, 1.165) is 23.8 Å². The summed E-state index contributed by atoms with van der Waals surface area (Å²) in [4.78, 5) is 14.1. The summed E-state index contributed by atoms with van der Waals surface area (Å²) in [6.45, 7) is 2.21. The number of aromatic amines is 1. The predicted octanol–water partition coefficient (Wildman–Crippen LogP) is 3.71. The van der Waals surface area contributed by atoms with Gasteiger partial charge in [0.15, 0.2) is 6.29 Å². The Morgan fingerprint density at radius 2 is 2.19 bits per heavy atom. The van der Waals surface area contributed by atoms with Crippen molar-refractivity contribution in [2.45, 2.75) is 32.6 Å². The molecular formula is C14H17NO. The van der Waals surface area contributed by atoms with Crippen LogP contribution in [0.5, 0.6) is 0 Å². The molecule has 0 unspecified atom stereocenters. The van der Waals surface area contributed by atoms with Crippen LogP contribution in [0.4, 0.5) is 0 Å². The number of fused-ring (bicyclic) bond motifs is 1. The van der Waals surface area contributed by atoms with Crippen molar-refractivity contribution in [3.63, 3.8) is 0 Å². The van der Waals surface area contributed by atoms with Crippen LogP contribution in [-0.4, -0.2) is 11.3 Å². The van der Waals surface area contributed by atoms with E-state index in [-0.39, 0.29) is 0 Å². The van der Waals surface area contributed by atoms with Crippen molar-refractivity contribution in [1.82, 2.24) is 4.98 Å². The van der Waals surface area contributed by atoms with Crippen molar-refractivity contribution in [3.8, 4) is 0 Å². The maximum absolute atomic E-state index is 10.9. The number of hydrogen-bond donors (Lipinski definition) is 1. The Morgan fingerprint density at radius 1 is 1.31 bits per heavy atom. The lowest BCUT2D eigenvalue weighted by Gasteiger charge is -1.99. The van der Waals surface area contributed by atoms with Crippen molar-refractivity contribution in [1.29, 1.82) is 0 Å². The largest absolute Gasteiger partial charge is 0.360 e. The van der Waals surface area contributed by atoms with Gasteiger partial charge < -0.3 is 4.98 Å². The fraction of sp³-hybridized carbons (Fsp3) is 0.357. The number of aldehydes is 1. The van der Waals surface area contributed by atoms with E-state index in [1.807, 2.05) is 18.3 Å². The standard InChI is InChI=1S/C14H17NO/c1-2-3-4-6-11-9-15-14-12(10-16)7-5-8-13(11)14/h5,7-10,15H,2-4,6H2,1H3. The molecule has 1 aromatic heterocycles. The second kappa shape index (κ2) is 4.97. The first-order valence-electron chi connectivity index (χ1n) is 5.91. The molecular weight excluding hydrogens is 198 g/mol. The zero-order chi connectivity index (χ0) is 11.4. The fourth-order valence-corrected chi connectivity index (χ4v) is 2.11. The number of nitrogens with one attached hydrogen (secondary N) is 1. The molecule has 0 radical (unpaired) electrons. The van der Waals surface area contributed by atoms with Gasteiger partial charge in [-0.15, -0.1) is 0 Å². The van der Waals surface area contributed by atoms with Crippen molar-refractivity contribution < 1.29 is 4.79 Å². The lowest BCUT2D eigenvalue weighted by Crippen LogP contribution is -1.84. The predicted molar refractivity (Wildman–Crippen MR) is 66.9 cm³/mol. The molecule has 0 fully saturated rings. The molecule has 2 heteroatoms. The molecule has 1 heterocycles. The van der Waals surface area contributed by atoms with Crippen LogP contribution >= 0.6 is 0 Å². The summed E-state index contributed by atoms with van der Waals surface area (Å²) in [6, 6.07) is 5.88. The fourth-order valence-electron chi connectivity index (χ4n) is 2.11. The summed E-state index contributed by atoms with van der Waals surface area (Å²) >= 11 is 0. The summed E-state index contributed by atoms with van der Waals surface area (Å²) in [5.74, 6) is 0. The van der Waals surface area contributed by atoms with Gasteiger partial charge in [-0.05, 0) is 24.5 Å². The van der Waals surface area contributed by atoms with Crippen molar-refractivity contribution in [2.75, 3.05) is 0 Å². The van der Waals surface area contributed by atoms with Gasteiger partial charge in [0.2, 0.25) is 0 Å². The van der Waals surface area contributed by atoms with Gasteiger partial charge >= 0.3 is 0 Å². The SMILES string of the molecule is CCCCCc1c[nH]c2c(C=O)cccc12. The number of rotatable bonds is 5. The molecule has 0 bridgehead atoms. The number of unbranched alkanes of at least 4 members (excludes halogenated alkanes) is 2. The van der Waals surface area contributed by atoms with Crippen molar-refractivity contribution in [3.05, 3.63) is 35.5 Å². The summed E-state index contributed by atoms with van der Waals surface area (Å²) in [6.07, 6.45) is 7.76. The summed E-state index contributed by atoms with van der Waals surface area (Å²) in [5.41, 5.74) is 3.05. The summed E-state index contributed by atoms with van der Waals surface area (Å²) in [5, 5.41) is 1.20. The molecule has 0 saturated carbocycles. The van der Waals surface area contributed by atoms with Gasteiger partial charge in [-0.3, -0.25) is 4.79 Å². The van der Waals surface area contributed by atoms with Gasteiger partial charge in [0, 0.05) is 17.1 Å². The Kier molecular flexibility index (Phi) is 3.40. The maximum Gasteiger partial charge on any atom is 0.152 e. The van der Waals surface area contributed by atoms with Crippen LogP contribution in [0.1, 0.15) is 42.1 Å². The first-order chi connectivity index (χ1) is 7.86. The second-order valence-corrected chi connectivity index (χ2v) is 4.16. The number of H-pyrrole nitrogens is 1. The van der Waals surface area contributed by atoms with E-state index in [0.29, 0.717) is 0 Å². The number of aromatic nitrogens is 1. The van der Waals surface area contributed by atoms with E-state index in [4.69, 9.17) is 0 Å². The first-order valence-corrected chi connectivity index (χ1v) is 5.91. The molecule has 2 aromatic rings. The quantitative estimate of drug-likeness (QED) is 0.598. The van der Waals surface area contributed by atoms with Gasteiger partial charge in [-0.2, -0.15) is 0 Å². The van der Waals surface area contributed by atoms with E-state index in [2.05, 4.69) is 18.0 Å². The average molecular weight is 215 g/mol. The molecule has 1 aromatic carbocycles. The Morgan fingerprint density at radius 3 is 2.94 bits per heavy atom. The van der Waals surface area contributed by atoms with Crippen LogP contribution in [0.2, 0.25) is 0 Å². The molecule has 1 N–H and O–H groups in total. The van der Waals surface area contributed by atoms with Gasteiger partial charge in [-0.1, -0.05) is 31.9 Å².